The van der Waals surface area contributed by atoms with Crippen LogP contribution in [0.15, 0.2) is 10.9 Å². The van der Waals surface area contributed by atoms with Gasteiger partial charge in [-0.1, -0.05) is 6.92 Å². The molecule has 0 saturated heterocycles. The number of rotatable bonds is 5. The predicted molar refractivity (Wildman–Crippen MR) is 52.5 cm³/mol. The fraction of sp³-hybridized carbons (Fsp3) is 0.500. The zero-order valence-electron chi connectivity index (χ0n) is 7.54. The number of carbonyl (C=O) groups excluding carboxylic acids is 1. The molecule has 1 amide bonds. The van der Waals surface area contributed by atoms with E-state index >= 15 is 0 Å². The molecule has 2 N–H and O–H groups in total. The van der Waals surface area contributed by atoms with Crippen molar-refractivity contribution in [1.82, 2.24) is 15.6 Å². The molecule has 0 saturated carbocycles. The van der Waals surface area contributed by atoms with Crippen molar-refractivity contribution in [1.29, 1.82) is 0 Å². The van der Waals surface area contributed by atoms with E-state index in [1.54, 1.807) is 5.51 Å². The minimum absolute atomic E-state index is 0.00912. The van der Waals surface area contributed by atoms with Gasteiger partial charge in [-0.3, -0.25) is 4.79 Å². The highest BCUT2D eigenvalue weighted by atomic mass is 32.1. The van der Waals surface area contributed by atoms with Crippen LogP contribution in [0.5, 0.6) is 0 Å². The second kappa shape index (κ2) is 5.66. The van der Waals surface area contributed by atoms with Gasteiger partial charge in [-0.05, 0) is 6.54 Å². The first-order valence-electron chi connectivity index (χ1n) is 4.17. The van der Waals surface area contributed by atoms with Gasteiger partial charge in [0.25, 0.3) is 0 Å². The van der Waals surface area contributed by atoms with Crippen molar-refractivity contribution in [2.45, 2.75) is 13.5 Å². The highest BCUT2D eigenvalue weighted by Crippen LogP contribution is 1.99. The Morgan fingerprint density at radius 1 is 1.69 bits per heavy atom. The van der Waals surface area contributed by atoms with E-state index in [0.717, 1.165) is 12.2 Å². The Labute approximate surface area is 81.4 Å². The van der Waals surface area contributed by atoms with Crippen molar-refractivity contribution in [3.8, 4) is 0 Å². The summed E-state index contributed by atoms with van der Waals surface area (Å²) in [4.78, 5) is 15.2. The van der Waals surface area contributed by atoms with Gasteiger partial charge in [-0.15, -0.1) is 11.3 Å². The number of hydrogen-bond donors (Lipinski definition) is 2. The van der Waals surface area contributed by atoms with E-state index in [4.69, 9.17) is 0 Å². The van der Waals surface area contributed by atoms with E-state index in [0.29, 0.717) is 13.1 Å². The molecule has 0 aromatic carbocycles. The topological polar surface area (TPSA) is 54.0 Å². The first-order chi connectivity index (χ1) is 6.33. The average Bonchev–Trinajstić information content (AvgIpc) is 2.64. The molecular formula is C8H13N3OS. The molecule has 0 radical (unpaired) electrons. The minimum atomic E-state index is 0.00912. The molecule has 0 aliphatic heterocycles. The van der Waals surface area contributed by atoms with E-state index in [1.807, 2.05) is 12.3 Å². The largest absolute Gasteiger partial charge is 0.349 e. The SMILES string of the molecule is CCNCC(=O)NCc1cscn1. The second-order valence-corrected chi connectivity index (χ2v) is 3.26. The molecule has 1 rings (SSSR count). The van der Waals surface area contributed by atoms with Gasteiger partial charge in [-0.2, -0.15) is 0 Å². The van der Waals surface area contributed by atoms with Gasteiger partial charge < -0.3 is 10.6 Å². The van der Waals surface area contributed by atoms with Crippen molar-refractivity contribution in [2.24, 2.45) is 0 Å². The number of carbonyl (C=O) groups is 1. The van der Waals surface area contributed by atoms with E-state index in [-0.39, 0.29) is 5.91 Å². The smallest absolute Gasteiger partial charge is 0.234 e. The third kappa shape index (κ3) is 4.00. The molecule has 0 aliphatic rings. The maximum atomic E-state index is 11.1. The molecule has 1 aromatic rings. The number of nitrogens with one attached hydrogen (secondary N) is 2. The van der Waals surface area contributed by atoms with Gasteiger partial charge >= 0.3 is 0 Å². The summed E-state index contributed by atoms with van der Waals surface area (Å²) in [6.45, 7) is 3.67. The lowest BCUT2D eigenvalue weighted by Gasteiger charge is -2.02. The lowest BCUT2D eigenvalue weighted by molar-refractivity contribution is -0.120. The molecule has 0 bridgehead atoms. The quantitative estimate of drug-likeness (QED) is 0.720. The monoisotopic (exact) mass is 199 g/mol. The summed E-state index contributed by atoms with van der Waals surface area (Å²) in [5.41, 5.74) is 2.67. The third-order valence-corrected chi connectivity index (χ3v) is 2.12. The zero-order chi connectivity index (χ0) is 9.52. The molecule has 1 heterocycles. The van der Waals surface area contributed by atoms with Crippen LogP contribution in [0.4, 0.5) is 0 Å². The van der Waals surface area contributed by atoms with Gasteiger partial charge in [-0.25, -0.2) is 4.98 Å². The second-order valence-electron chi connectivity index (χ2n) is 2.54. The Bertz CT molecular complexity index is 248. The summed E-state index contributed by atoms with van der Waals surface area (Å²) < 4.78 is 0. The summed E-state index contributed by atoms with van der Waals surface area (Å²) >= 11 is 1.53. The molecule has 0 unspecified atom stereocenters. The molecule has 0 fully saturated rings. The summed E-state index contributed by atoms with van der Waals surface area (Å²) in [6, 6.07) is 0. The normalized spacial score (nSPS) is 9.92. The molecule has 4 nitrogen and oxygen atoms in total. The lowest BCUT2D eigenvalue weighted by atomic mass is 10.4. The zero-order valence-corrected chi connectivity index (χ0v) is 8.36. The number of aromatic nitrogens is 1. The number of thiazole rings is 1. The number of hydrogen-bond acceptors (Lipinski definition) is 4. The van der Waals surface area contributed by atoms with Crippen LogP contribution in [0.3, 0.4) is 0 Å². The fourth-order valence-corrected chi connectivity index (χ4v) is 1.37. The van der Waals surface area contributed by atoms with Crippen LogP contribution in [-0.2, 0) is 11.3 Å². The highest BCUT2D eigenvalue weighted by Gasteiger charge is 1.99. The average molecular weight is 199 g/mol. The van der Waals surface area contributed by atoms with Crippen LogP contribution in [0.1, 0.15) is 12.6 Å². The van der Waals surface area contributed by atoms with Crippen LogP contribution in [-0.4, -0.2) is 24.0 Å². The van der Waals surface area contributed by atoms with Gasteiger partial charge in [0, 0.05) is 5.38 Å². The third-order valence-electron chi connectivity index (χ3n) is 1.49. The van der Waals surface area contributed by atoms with Crippen LogP contribution in [0, 0.1) is 0 Å². The summed E-state index contributed by atoms with van der Waals surface area (Å²) in [7, 11) is 0. The van der Waals surface area contributed by atoms with E-state index < -0.39 is 0 Å². The van der Waals surface area contributed by atoms with Crippen LogP contribution >= 0.6 is 11.3 Å². The van der Waals surface area contributed by atoms with Gasteiger partial charge in [0.15, 0.2) is 0 Å². The van der Waals surface area contributed by atoms with E-state index in [9.17, 15) is 4.79 Å². The number of amides is 1. The van der Waals surface area contributed by atoms with Gasteiger partial charge in [0.05, 0.1) is 24.3 Å². The molecule has 1 aromatic heterocycles. The first kappa shape index (κ1) is 10.1. The van der Waals surface area contributed by atoms with Crippen LogP contribution < -0.4 is 10.6 Å². The number of nitrogens with zero attached hydrogens (tertiary/aromatic N) is 1. The summed E-state index contributed by atoms with van der Waals surface area (Å²) in [5.74, 6) is 0.00912. The van der Waals surface area contributed by atoms with Crippen molar-refractivity contribution in [2.75, 3.05) is 13.1 Å². The van der Waals surface area contributed by atoms with Crippen LogP contribution in [0.25, 0.3) is 0 Å². The Morgan fingerprint density at radius 2 is 2.54 bits per heavy atom. The Morgan fingerprint density at radius 3 is 3.15 bits per heavy atom. The summed E-state index contributed by atoms with van der Waals surface area (Å²) in [5, 5.41) is 7.64. The Hall–Kier alpha value is -0.940. The first-order valence-corrected chi connectivity index (χ1v) is 5.11. The molecule has 13 heavy (non-hydrogen) atoms. The molecule has 0 spiro atoms. The molecule has 0 aliphatic carbocycles. The van der Waals surface area contributed by atoms with Crippen LogP contribution in [0.2, 0.25) is 0 Å². The Kier molecular flexibility index (Phi) is 4.42. The predicted octanol–water partition coefficient (Wildman–Crippen LogP) is 0.369. The minimum Gasteiger partial charge on any atom is -0.349 e. The molecule has 0 atom stereocenters. The highest BCUT2D eigenvalue weighted by molar-refractivity contribution is 7.07. The van der Waals surface area contributed by atoms with Gasteiger partial charge in [0.1, 0.15) is 0 Å². The van der Waals surface area contributed by atoms with E-state index in [2.05, 4.69) is 15.6 Å². The van der Waals surface area contributed by atoms with Crippen molar-refractivity contribution >= 4 is 17.2 Å². The van der Waals surface area contributed by atoms with Gasteiger partial charge in [0.2, 0.25) is 5.91 Å². The summed E-state index contributed by atoms with van der Waals surface area (Å²) in [6.07, 6.45) is 0. The Balaban J connectivity index is 2.15. The lowest BCUT2D eigenvalue weighted by Crippen LogP contribution is -2.33. The molecular weight excluding hydrogens is 186 g/mol. The van der Waals surface area contributed by atoms with E-state index in [1.165, 1.54) is 11.3 Å². The standard InChI is InChI=1S/C8H13N3OS/c1-2-9-4-8(12)10-3-7-5-13-6-11-7/h5-6,9H,2-4H2,1H3,(H,10,12). The molecule has 5 heteroatoms. The van der Waals surface area contributed by atoms with Crippen molar-refractivity contribution in [3.05, 3.63) is 16.6 Å². The number of likely N-dealkylation sites (N-methyl/N-ethyl adjacent to an activating group) is 1. The fourth-order valence-electron chi connectivity index (χ4n) is 0.815. The van der Waals surface area contributed by atoms with Crippen molar-refractivity contribution in [3.63, 3.8) is 0 Å². The maximum Gasteiger partial charge on any atom is 0.234 e. The van der Waals surface area contributed by atoms with Crippen molar-refractivity contribution < 1.29 is 4.79 Å². The molecule has 72 valence electrons. The maximum absolute atomic E-state index is 11.1.